The van der Waals surface area contributed by atoms with E-state index >= 15 is 0 Å². The quantitative estimate of drug-likeness (QED) is 0.940. The van der Waals surface area contributed by atoms with Crippen LogP contribution in [0.25, 0.3) is 0 Å². The molecule has 1 atom stereocenters. The summed E-state index contributed by atoms with van der Waals surface area (Å²) in [6, 6.07) is 13.2. The van der Waals surface area contributed by atoms with E-state index in [1.807, 2.05) is 56.3 Å². The van der Waals surface area contributed by atoms with Gasteiger partial charge < -0.3 is 5.32 Å². The molecule has 0 bridgehead atoms. The first kappa shape index (κ1) is 15.4. The predicted molar refractivity (Wildman–Crippen MR) is 88.1 cm³/mol. The summed E-state index contributed by atoms with van der Waals surface area (Å²) in [5.74, 6) is 0.380. The molecule has 1 amide bonds. The fourth-order valence-corrected chi connectivity index (χ4v) is 2.96. The standard InChI is InChI=1S/C17H19NO2S/c1-12-7-4-5-9-15(12)17(19)18-16-10-6-8-14(13(16)2)11-21(3)20/h4-10H,11H2,1-3H3,(H,18,19). The molecule has 0 saturated heterocycles. The third-order valence-corrected chi connectivity index (χ3v) is 4.16. The molecular weight excluding hydrogens is 282 g/mol. The fraction of sp³-hybridized carbons (Fsp3) is 0.235. The highest BCUT2D eigenvalue weighted by atomic mass is 32.2. The van der Waals surface area contributed by atoms with Crippen molar-refractivity contribution in [3.63, 3.8) is 0 Å². The molecule has 3 nitrogen and oxygen atoms in total. The van der Waals surface area contributed by atoms with E-state index in [1.165, 1.54) is 0 Å². The highest BCUT2D eigenvalue weighted by molar-refractivity contribution is 7.83. The van der Waals surface area contributed by atoms with Crippen LogP contribution in [0.2, 0.25) is 0 Å². The monoisotopic (exact) mass is 301 g/mol. The molecule has 1 N–H and O–H groups in total. The lowest BCUT2D eigenvalue weighted by molar-refractivity contribution is 0.102. The van der Waals surface area contributed by atoms with Gasteiger partial charge in [0.2, 0.25) is 0 Å². The van der Waals surface area contributed by atoms with Crippen LogP contribution in [0.3, 0.4) is 0 Å². The van der Waals surface area contributed by atoms with Crippen LogP contribution in [0.1, 0.15) is 27.0 Å². The smallest absolute Gasteiger partial charge is 0.255 e. The summed E-state index contributed by atoms with van der Waals surface area (Å²) in [4.78, 5) is 12.3. The molecule has 0 spiro atoms. The molecule has 0 aliphatic heterocycles. The summed E-state index contributed by atoms with van der Waals surface area (Å²) in [6.07, 6.45) is 1.68. The first-order chi connectivity index (χ1) is 9.99. The van der Waals surface area contributed by atoms with Gasteiger partial charge in [-0.2, -0.15) is 0 Å². The van der Waals surface area contributed by atoms with E-state index in [0.29, 0.717) is 11.3 Å². The number of amides is 1. The highest BCUT2D eigenvalue weighted by Crippen LogP contribution is 2.21. The SMILES string of the molecule is Cc1ccccc1C(=O)Nc1cccc(CS(C)=O)c1C. The Morgan fingerprint density at radius 3 is 2.48 bits per heavy atom. The Morgan fingerprint density at radius 2 is 1.81 bits per heavy atom. The van der Waals surface area contributed by atoms with Gasteiger partial charge in [0, 0.05) is 34.1 Å². The first-order valence-electron chi connectivity index (χ1n) is 6.74. The summed E-state index contributed by atoms with van der Waals surface area (Å²) in [5, 5.41) is 2.94. The van der Waals surface area contributed by atoms with Crippen molar-refractivity contribution in [1.29, 1.82) is 0 Å². The van der Waals surface area contributed by atoms with Crippen LogP contribution in [0.4, 0.5) is 5.69 Å². The second-order valence-corrected chi connectivity index (χ2v) is 6.51. The molecule has 21 heavy (non-hydrogen) atoms. The summed E-state index contributed by atoms with van der Waals surface area (Å²) in [5.41, 5.74) is 4.35. The predicted octanol–water partition coefficient (Wildman–Crippen LogP) is 3.43. The average Bonchev–Trinajstić information content (AvgIpc) is 2.43. The second-order valence-electron chi connectivity index (χ2n) is 5.08. The zero-order valence-corrected chi connectivity index (χ0v) is 13.3. The van der Waals surface area contributed by atoms with E-state index in [9.17, 15) is 9.00 Å². The molecule has 1 unspecified atom stereocenters. The minimum atomic E-state index is -0.900. The number of hydrogen-bond donors (Lipinski definition) is 1. The van der Waals surface area contributed by atoms with Crippen molar-refractivity contribution in [1.82, 2.24) is 0 Å². The minimum absolute atomic E-state index is 0.119. The van der Waals surface area contributed by atoms with Crippen LogP contribution >= 0.6 is 0 Å². The van der Waals surface area contributed by atoms with Gasteiger partial charge in [0.1, 0.15) is 0 Å². The van der Waals surface area contributed by atoms with Crippen molar-refractivity contribution >= 4 is 22.4 Å². The van der Waals surface area contributed by atoms with E-state index in [0.717, 1.165) is 22.4 Å². The van der Waals surface area contributed by atoms with Gasteiger partial charge in [-0.15, -0.1) is 0 Å². The van der Waals surface area contributed by atoms with Gasteiger partial charge in [-0.25, -0.2) is 0 Å². The third-order valence-electron chi connectivity index (χ3n) is 3.44. The van der Waals surface area contributed by atoms with Gasteiger partial charge in [0.15, 0.2) is 0 Å². The maximum atomic E-state index is 12.3. The van der Waals surface area contributed by atoms with Crippen LogP contribution in [0.15, 0.2) is 42.5 Å². The Morgan fingerprint density at radius 1 is 1.10 bits per heavy atom. The maximum absolute atomic E-state index is 12.3. The van der Waals surface area contributed by atoms with Crippen molar-refractivity contribution < 1.29 is 9.00 Å². The van der Waals surface area contributed by atoms with Crippen LogP contribution in [0.5, 0.6) is 0 Å². The Hall–Kier alpha value is -1.94. The van der Waals surface area contributed by atoms with Crippen LogP contribution in [-0.4, -0.2) is 16.4 Å². The Balaban J connectivity index is 2.26. The number of rotatable bonds is 4. The molecule has 0 fully saturated rings. The molecule has 4 heteroatoms. The fourth-order valence-electron chi connectivity index (χ4n) is 2.21. The average molecular weight is 301 g/mol. The highest BCUT2D eigenvalue weighted by Gasteiger charge is 2.11. The van der Waals surface area contributed by atoms with Crippen molar-refractivity contribution in [2.24, 2.45) is 0 Å². The summed E-state index contributed by atoms with van der Waals surface area (Å²) >= 11 is 0. The number of anilines is 1. The molecule has 0 aliphatic carbocycles. The third kappa shape index (κ3) is 3.79. The minimum Gasteiger partial charge on any atom is -0.322 e. The Bertz CT molecular complexity index is 695. The molecule has 2 aromatic carbocycles. The molecule has 0 heterocycles. The van der Waals surface area contributed by atoms with E-state index in [4.69, 9.17) is 0 Å². The van der Waals surface area contributed by atoms with E-state index in [1.54, 1.807) is 6.26 Å². The Kier molecular flexibility index (Phi) is 4.91. The number of aryl methyl sites for hydroxylation is 1. The summed E-state index contributed by atoms with van der Waals surface area (Å²) < 4.78 is 11.4. The zero-order chi connectivity index (χ0) is 15.4. The van der Waals surface area contributed by atoms with Gasteiger partial charge in [-0.3, -0.25) is 9.00 Å². The topological polar surface area (TPSA) is 46.2 Å². The van der Waals surface area contributed by atoms with Gasteiger partial charge in [-0.1, -0.05) is 30.3 Å². The second kappa shape index (κ2) is 6.68. The summed E-state index contributed by atoms with van der Waals surface area (Å²) in [7, 11) is -0.900. The van der Waals surface area contributed by atoms with Gasteiger partial charge in [0.05, 0.1) is 0 Å². The number of benzene rings is 2. The van der Waals surface area contributed by atoms with Crippen LogP contribution in [-0.2, 0) is 16.6 Å². The van der Waals surface area contributed by atoms with Gasteiger partial charge >= 0.3 is 0 Å². The lowest BCUT2D eigenvalue weighted by atomic mass is 10.1. The number of carbonyl (C=O) groups is 1. The van der Waals surface area contributed by atoms with Crippen LogP contribution < -0.4 is 5.32 Å². The normalized spacial score (nSPS) is 12.0. The largest absolute Gasteiger partial charge is 0.322 e. The van der Waals surface area contributed by atoms with E-state index < -0.39 is 10.8 Å². The van der Waals surface area contributed by atoms with Gasteiger partial charge in [0.25, 0.3) is 5.91 Å². The van der Waals surface area contributed by atoms with Crippen LogP contribution in [0, 0.1) is 13.8 Å². The molecular formula is C17H19NO2S. The number of nitrogens with one attached hydrogen (secondary N) is 1. The maximum Gasteiger partial charge on any atom is 0.255 e. The first-order valence-corrected chi connectivity index (χ1v) is 8.47. The lowest BCUT2D eigenvalue weighted by Gasteiger charge is -2.13. The van der Waals surface area contributed by atoms with E-state index in [2.05, 4.69) is 5.32 Å². The number of carbonyl (C=O) groups excluding carboxylic acids is 1. The number of hydrogen-bond acceptors (Lipinski definition) is 2. The van der Waals surface area contributed by atoms with Gasteiger partial charge in [-0.05, 0) is 42.7 Å². The van der Waals surface area contributed by atoms with Crippen molar-refractivity contribution in [2.75, 3.05) is 11.6 Å². The molecule has 0 radical (unpaired) electrons. The molecule has 0 saturated carbocycles. The van der Waals surface area contributed by atoms with Crippen molar-refractivity contribution in [3.05, 3.63) is 64.7 Å². The van der Waals surface area contributed by atoms with Crippen molar-refractivity contribution in [2.45, 2.75) is 19.6 Å². The lowest BCUT2D eigenvalue weighted by Crippen LogP contribution is -2.14. The molecule has 0 aromatic heterocycles. The van der Waals surface area contributed by atoms with Crippen molar-refractivity contribution in [3.8, 4) is 0 Å². The van der Waals surface area contributed by atoms with E-state index in [-0.39, 0.29) is 5.91 Å². The molecule has 110 valence electrons. The molecule has 0 aliphatic rings. The zero-order valence-electron chi connectivity index (χ0n) is 12.5. The molecule has 2 rings (SSSR count). The Labute approximate surface area is 127 Å². The summed E-state index contributed by atoms with van der Waals surface area (Å²) in [6.45, 7) is 3.86. The molecule has 2 aromatic rings.